The minimum absolute atomic E-state index is 0.180. The van der Waals surface area contributed by atoms with Gasteiger partial charge in [-0.25, -0.2) is 9.38 Å². The second-order valence-electron chi connectivity index (χ2n) is 5.19. The number of carbonyl (C=O) groups excluding carboxylic acids is 1. The summed E-state index contributed by atoms with van der Waals surface area (Å²) in [4.78, 5) is 14.7. The topological polar surface area (TPSA) is 67.5 Å². The summed E-state index contributed by atoms with van der Waals surface area (Å²) in [6.45, 7) is 5.30. The minimum Gasteiger partial charge on any atom is -0.384 e. The van der Waals surface area contributed by atoms with E-state index in [-0.39, 0.29) is 17.6 Å². The average Bonchev–Trinajstić information content (AvgIpc) is 2.54. The highest BCUT2D eigenvalue weighted by molar-refractivity contribution is 5.93. The SMILES string of the molecule is C=CC(N)=Nc1cc(F)c(C2CCNCC2)cc1/C=C/C=O. The average molecular weight is 301 g/mol. The van der Waals surface area contributed by atoms with Crippen LogP contribution in [0.1, 0.15) is 29.9 Å². The fourth-order valence-electron chi connectivity index (χ4n) is 2.60. The van der Waals surface area contributed by atoms with Crippen molar-refractivity contribution in [2.24, 2.45) is 10.7 Å². The number of allylic oxidation sites excluding steroid dienone is 1. The van der Waals surface area contributed by atoms with E-state index < -0.39 is 0 Å². The van der Waals surface area contributed by atoms with E-state index in [1.165, 1.54) is 18.2 Å². The molecule has 0 atom stereocenters. The van der Waals surface area contributed by atoms with Crippen LogP contribution in [0.3, 0.4) is 0 Å². The molecule has 116 valence electrons. The smallest absolute Gasteiger partial charge is 0.142 e. The molecule has 1 saturated heterocycles. The second kappa shape index (κ2) is 7.66. The van der Waals surface area contributed by atoms with Gasteiger partial charge in [-0.05, 0) is 61.7 Å². The van der Waals surface area contributed by atoms with Crippen LogP contribution in [0.4, 0.5) is 10.1 Å². The number of piperidine rings is 1. The molecule has 3 N–H and O–H groups in total. The van der Waals surface area contributed by atoms with Gasteiger partial charge in [-0.3, -0.25) is 4.79 Å². The highest BCUT2D eigenvalue weighted by atomic mass is 19.1. The first-order valence-electron chi connectivity index (χ1n) is 7.28. The van der Waals surface area contributed by atoms with Gasteiger partial charge in [-0.2, -0.15) is 0 Å². The molecule has 5 heteroatoms. The van der Waals surface area contributed by atoms with Crippen LogP contribution in [0.25, 0.3) is 6.08 Å². The molecule has 0 radical (unpaired) electrons. The van der Waals surface area contributed by atoms with Crippen LogP contribution < -0.4 is 11.1 Å². The number of benzene rings is 1. The summed E-state index contributed by atoms with van der Waals surface area (Å²) in [5, 5.41) is 3.27. The van der Waals surface area contributed by atoms with Crippen molar-refractivity contribution in [3.05, 3.63) is 47.8 Å². The van der Waals surface area contributed by atoms with Crippen molar-refractivity contribution >= 4 is 23.9 Å². The summed E-state index contributed by atoms with van der Waals surface area (Å²) in [5.74, 6) is 0.0972. The summed E-state index contributed by atoms with van der Waals surface area (Å²) in [6, 6.07) is 3.14. The Hall–Kier alpha value is -2.27. The van der Waals surface area contributed by atoms with Gasteiger partial charge < -0.3 is 11.1 Å². The largest absolute Gasteiger partial charge is 0.384 e. The van der Waals surface area contributed by atoms with Crippen LogP contribution in [0.15, 0.2) is 35.9 Å². The van der Waals surface area contributed by atoms with Gasteiger partial charge in [0.2, 0.25) is 0 Å². The quantitative estimate of drug-likeness (QED) is 0.380. The number of hydrogen-bond donors (Lipinski definition) is 2. The molecular weight excluding hydrogens is 281 g/mol. The van der Waals surface area contributed by atoms with Gasteiger partial charge in [0.05, 0.1) is 5.69 Å². The van der Waals surface area contributed by atoms with E-state index in [0.29, 0.717) is 23.1 Å². The Kier molecular flexibility index (Phi) is 5.61. The predicted octanol–water partition coefficient (Wildman–Crippen LogP) is 2.68. The van der Waals surface area contributed by atoms with Crippen molar-refractivity contribution in [2.45, 2.75) is 18.8 Å². The lowest BCUT2D eigenvalue weighted by atomic mass is 9.88. The van der Waals surface area contributed by atoms with E-state index in [1.807, 2.05) is 0 Å². The van der Waals surface area contributed by atoms with Crippen molar-refractivity contribution < 1.29 is 9.18 Å². The monoisotopic (exact) mass is 301 g/mol. The molecule has 0 spiro atoms. The number of nitrogens with zero attached hydrogens (tertiary/aromatic N) is 1. The second-order valence-corrected chi connectivity index (χ2v) is 5.19. The number of nitrogens with two attached hydrogens (primary N) is 1. The Bertz CT molecular complexity index is 617. The molecule has 0 saturated carbocycles. The van der Waals surface area contributed by atoms with E-state index in [9.17, 15) is 9.18 Å². The number of halogens is 1. The summed E-state index contributed by atoms with van der Waals surface area (Å²) in [6.07, 6.45) is 6.84. The molecule has 2 rings (SSSR count). The standard InChI is InChI=1S/C17H20FN3O/c1-2-17(19)21-16-11-15(18)14(10-13(16)4-3-9-22)12-5-7-20-8-6-12/h2-4,9-12,20H,1,5-8H2,(H2,19,21)/b4-3+. The van der Waals surface area contributed by atoms with Crippen LogP contribution in [0, 0.1) is 5.82 Å². The zero-order valence-corrected chi connectivity index (χ0v) is 12.4. The molecule has 1 fully saturated rings. The maximum atomic E-state index is 14.4. The van der Waals surface area contributed by atoms with Crippen molar-refractivity contribution in [3.63, 3.8) is 0 Å². The Labute approximate surface area is 129 Å². The van der Waals surface area contributed by atoms with Gasteiger partial charge in [0.25, 0.3) is 0 Å². The molecule has 1 heterocycles. The number of aldehydes is 1. The van der Waals surface area contributed by atoms with Crippen molar-refractivity contribution in [3.8, 4) is 0 Å². The fourth-order valence-corrected chi connectivity index (χ4v) is 2.60. The van der Waals surface area contributed by atoms with Gasteiger partial charge in [0.15, 0.2) is 0 Å². The van der Waals surface area contributed by atoms with Crippen molar-refractivity contribution in [2.75, 3.05) is 13.1 Å². The van der Waals surface area contributed by atoms with Crippen molar-refractivity contribution in [1.82, 2.24) is 5.32 Å². The van der Waals surface area contributed by atoms with E-state index >= 15 is 0 Å². The van der Waals surface area contributed by atoms with Gasteiger partial charge in [0, 0.05) is 11.6 Å². The number of nitrogens with one attached hydrogen (secondary N) is 1. The van der Waals surface area contributed by atoms with Crippen molar-refractivity contribution in [1.29, 1.82) is 0 Å². The maximum Gasteiger partial charge on any atom is 0.142 e. The molecule has 0 bridgehead atoms. The maximum absolute atomic E-state index is 14.4. The highest BCUT2D eigenvalue weighted by Crippen LogP contribution is 2.33. The van der Waals surface area contributed by atoms with Crippen LogP contribution in [-0.4, -0.2) is 25.2 Å². The molecular formula is C17H20FN3O. The van der Waals surface area contributed by atoms with E-state index in [4.69, 9.17) is 5.73 Å². The molecule has 0 amide bonds. The number of hydrogen-bond acceptors (Lipinski definition) is 3. The molecule has 1 aromatic carbocycles. The van der Waals surface area contributed by atoms with E-state index in [0.717, 1.165) is 25.9 Å². The third-order valence-electron chi connectivity index (χ3n) is 3.74. The normalized spacial score (nSPS) is 16.9. The molecule has 0 aliphatic carbocycles. The predicted molar refractivity (Wildman–Crippen MR) is 87.8 cm³/mol. The van der Waals surface area contributed by atoms with E-state index in [1.54, 1.807) is 12.1 Å². The molecule has 4 nitrogen and oxygen atoms in total. The third-order valence-corrected chi connectivity index (χ3v) is 3.74. The van der Waals surface area contributed by atoms with E-state index in [2.05, 4.69) is 16.9 Å². The molecule has 1 aliphatic heterocycles. The first-order valence-corrected chi connectivity index (χ1v) is 7.28. The number of carbonyl (C=O) groups is 1. The van der Waals surface area contributed by atoms with Crippen LogP contribution in [0.5, 0.6) is 0 Å². The Morgan fingerprint density at radius 1 is 1.41 bits per heavy atom. The highest BCUT2D eigenvalue weighted by Gasteiger charge is 2.20. The first-order chi connectivity index (χ1) is 10.7. The third kappa shape index (κ3) is 3.89. The molecule has 1 aliphatic rings. The Morgan fingerprint density at radius 3 is 2.77 bits per heavy atom. The van der Waals surface area contributed by atoms with Gasteiger partial charge in [-0.15, -0.1) is 0 Å². The van der Waals surface area contributed by atoms with Crippen LogP contribution in [0.2, 0.25) is 0 Å². The number of aliphatic imine (C=N–C) groups is 1. The molecule has 22 heavy (non-hydrogen) atoms. The lowest BCUT2D eigenvalue weighted by Gasteiger charge is -2.24. The first kappa shape index (κ1) is 16.1. The Balaban J connectivity index is 2.47. The number of amidine groups is 1. The zero-order chi connectivity index (χ0) is 15.9. The molecule has 1 aromatic rings. The van der Waals surface area contributed by atoms with Crippen LogP contribution in [-0.2, 0) is 4.79 Å². The summed E-state index contributed by atoms with van der Waals surface area (Å²) < 4.78 is 14.4. The zero-order valence-electron chi connectivity index (χ0n) is 12.4. The summed E-state index contributed by atoms with van der Waals surface area (Å²) in [7, 11) is 0. The summed E-state index contributed by atoms with van der Waals surface area (Å²) in [5.41, 5.74) is 7.38. The Morgan fingerprint density at radius 2 is 2.14 bits per heavy atom. The fraction of sp³-hybridized carbons (Fsp3) is 0.294. The van der Waals surface area contributed by atoms with Gasteiger partial charge in [0.1, 0.15) is 17.9 Å². The lowest BCUT2D eigenvalue weighted by Crippen LogP contribution is -2.27. The van der Waals surface area contributed by atoms with Gasteiger partial charge in [-0.1, -0.05) is 6.58 Å². The molecule has 0 unspecified atom stereocenters. The van der Waals surface area contributed by atoms with Crippen LogP contribution >= 0.6 is 0 Å². The molecule has 0 aromatic heterocycles. The summed E-state index contributed by atoms with van der Waals surface area (Å²) >= 11 is 0. The lowest BCUT2D eigenvalue weighted by molar-refractivity contribution is -0.104. The van der Waals surface area contributed by atoms with Gasteiger partial charge >= 0.3 is 0 Å². The minimum atomic E-state index is -0.286. The number of rotatable bonds is 5.